The lowest BCUT2D eigenvalue weighted by molar-refractivity contribution is 0.212. The van der Waals surface area contributed by atoms with E-state index in [0.29, 0.717) is 5.76 Å². The number of nitrogens with one attached hydrogen (secondary N) is 1. The first-order valence-electron chi connectivity index (χ1n) is 7.64. The topological polar surface area (TPSA) is 65.7 Å². The van der Waals surface area contributed by atoms with Crippen LogP contribution in [-0.2, 0) is 0 Å². The van der Waals surface area contributed by atoms with E-state index in [1.54, 1.807) is 17.0 Å². The van der Waals surface area contributed by atoms with E-state index in [1.807, 2.05) is 60.7 Å². The van der Waals surface area contributed by atoms with Crippen LogP contribution in [0.2, 0.25) is 0 Å². The number of amides is 2. The van der Waals surface area contributed by atoms with Gasteiger partial charge in [0.1, 0.15) is 11.8 Å². The van der Waals surface area contributed by atoms with Crippen LogP contribution in [0.25, 0.3) is 0 Å². The van der Waals surface area contributed by atoms with Gasteiger partial charge in [-0.3, -0.25) is 4.90 Å². The molecule has 0 bridgehead atoms. The molecule has 0 fully saturated rings. The lowest BCUT2D eigenvalue weighted by Gasteiger charge is -2.25. The predicted molar refractivity (Wildman–Crippen MR) is 92.1 cm³/mol. The van der Waals surface area contributed by atoms with Gasteiger partial charge in [-0.05, 0) is 36.4 Å². The number of nitrogens with zero attached hydrogens (tertiary/aromatic N) is 1. The predicted octanol–water partition coefficient (Wildman–Crippen LogP) is 3.86. The van der Waals surface area contributed by atoms with Crippen molar-refractivity contribution in [1.82, 2.24) is 5.32 Å². The van der Waals surface area contributed by atoms with Crippen LogP contribution in [0.1, 0.15) is 11.8 Å². The zero-order valence-corrected chi connectivity index (χ0v) is 13.0. The highest BCUT2D eigenvalue weighted by Gasteiger charge is 2.22. The Bertz CT molecular complexity index is 718. The van der Waals surface area contributed by atoms with Crippen molar-refractivity contribution in [2.45, 2.75) is 6.04 Å². The summed E-state index contributed by atoms with van der Waals surface area (Å²) < 4.78 is 5.29. The highest BCUT2D eigenvalue weighted by molar-refractivity contribution is 5.99. The van der Waals surface area contributed by atoms with Crippen LogP contribution in [0.3, 0.4) is 0 Å². The summed E-state index contributed by atoms with van der Waals surface area (Å²) in [6.45, 7) is -0.253. The van der Waals surface area contributed by atoms with Crippen molar-refractivity contribution in [2.24, 2.45) is 0 Å². The molecule has 0 saturated carbocycles. The van der Waals surface area contributed by atoms with Gasteiger partial charge in [0.25, 0.3) is 0 Å². The molecule has 0 aliphatic heterocycles. The van der Waals surface area contributed by atoms with Crippen molar-refractivity contribution in [3.8, 4) is 0 Å². The summed E-state index contributed by atoms with van der Waals surface area (Å²) in [7, 11) is 0. The highest BCUT2D eigenvalue weighted by atomic mass is 16.3. The molecule has 5 nitrogen and oxygen atoms in total. The van der Waals surface area contributed by atoms with E-state index < -0.39 is 6.04 Å². The summed E-state index contributed by atoms with van der Waals surface area (Å²) >= 11 is 0. The number of hydrogen-bond acceptors (Lipinski definition) is 3. The zero-order valence-electron chi connectivity index (χ0n) is 13.0. The van der Waals surface area contributed by atoms with Crippen LogP contribution in [0.5, 0.6) is 0 Å². The number of anilines is 2. The minimum atomic E-state index is -0.609. The van der Waals surface area contributed by atoms with Crippen LogP contribution in [0.4, 0.5) is 16.2 Å². The third-order valence-electron chi connectivity index (χ3n) is 3.60. The van der Waals surface area contributed by atoms with Crippen molar-refractivity contribution >= 4 is 17.4 Å². The number of hydrogen-bond donors (Lipinski definition) is 2. The molecule has 1 unspecified atom stereocenters. The van der Waals surface area contributed by atoms with Crippen LogP contribution in [0, 0.1) is 0 Å². The molecule has 1 atom stereocenters. The molecular weight excluding hydrogens is 304 g/mol. The van der Waals surface area contributed by atoms with E-state index in [4.69, 9.17) is 4.42 Å². The Labute approximate surface area is 140 Å². The van der Waals surface area contributed by atoms with Gasteiger partial charge in [-0.1, -0.05) is 36.4 Å². The maximum Gasteiger partial charge on any atom is 0.327 e. The first-order valence-corrected chi connectivity index (χ1v) is 7.64. The maximum absolute atomic E-state index is 12.9. The number of carbonyl (C=O) groups is 1. The molecule has 1 heterocycles. The van der Waals surface area contributed by atoms with Gasteiger partial charge >= 0.3 is 6.03 Å². The fourth-order valence-corrected chi connectivity index (χ4v) is 2.45. The summed E-state index contributed by atoms with van der Waals surface area (Å²) in [5.41, 5.74) is 1.47. The molecule has 3 aromatic rings. The largest absolute Gasteiger partial charge is 0.467 e. The number of furan rings is 1. The lowest BCUT2D eigenvalue weighted by Crippen LogP contribution is -2.40. The van der Waals surface area contributed by atoms with E-state index in [9.17, 15) is 9.90 Å². The minimum Gasteiger partial charge on any atom is -0.467 e. The van der Waals surface area contributed by atoms with Gasteiger partial charge < -0.3 is 14.8 Å². The summed E-state index contributed by atoms with van der Waals surface area (Å²) in [5.74, 6) is 0.506. The maximum atomic E-state index is 12.9. The second-order valence-electron chi connectivity index (χ2n) is 5.21. The van der Waals surface area contributed by atoms with Gasteiger partial charge in [-0.25, -0.2) is 4.79 Å². The number of benzene rings is 2. The smallest absolute Gasteiger partial charge is 0.327 e. The van der Waals surface area contributed by atoms with Crippen LogP contribution in [0.15, 0.2) is 83.5 Å². The Morgan fingerprint density at radius 3 is 2.00 bits per heavy atom. The zero-order chi connectivity index (χ0) is 16.8. The molecule has 24 heavy (non-hydrogen) atoms. The van der Waals surface area contributed by atoms with Crippen molar-refractivity contribution < 1.29 is 14.3 Å². The quantitative estimate of drug-likeness (QED) is 0.749. The van der Waals surface area contributed by atoms with E-state index in [0.717, 1.165) is 11.4 Å². The van der Waals surface area contributed by atoms with Crippen molar-refractivity contribution in [1.29, 1.82) is 0 Å². The monoisotopic (exact) mass is 322 g/mol. The standard InChI is InChI=1S/C19H18N2O3/c22-14-17(18-12-7-13-24-18)20-19(23)21(15-8-3-1-4-9-15)16-10-5-2-6-11-16/h1-13,17,22H,14H2,(H,20,23). The van der Waals surface area contributed by atoms with Gasteiger partial charge in [0.05, 0.1) is 24.2 Å². The second-order valence-corrected chi connectivity index (χ2v) is 5.21. The molecular formula is C19H18N2O3. The SMILES string of the molecule is O=C(NC(CO)c1ccco1)N(c1ccccc1)c1ccccc1. The van der Waals surface area contributed by atoms with E-state index in [1.165, 1.54) is 6.26 Å². The summed E-state index contributed by atoms with van der Waals surface area (Å²) in [5, 5.41) is 12.4. The molecule has 0 saturated heterocycles. The Morgan fingerprint density at radius 1 is 0.958 bits per heavy atom. The fraction of sp³-hybridized carbons (Fsp3) is 0.105. The fourth-order valence-electron chi connectivity index (χ4n) is 2.45. The second kappa shape index (κ2) is 7.48. The Kier molecular flexibility index (Phi) is 4.93. The van der Waals surface area contributed by atoms with Crippen LogP contribution in [-0.4, -0.2) is 17.7 Å². The first-order chi connectivity index (χ1) is 11.8. The van der Waals surface area contributed by atoms with Crippen LogP contribution < -0.4 is 10.2 Å². The molecule has 3 rings (SSSR count). The van der Waals surface area contributed by atoms with Gasteiger partial charge in [0.2, 0.25) is 0 Å². The molecule has 2 N–H and O–H groups in total. The van der Waals surface area contributed by atoms with E-state index >= 15 is 0 Å². The molecule has 5 heteroatoms. The molecule has 2 aromatic carbocycles. The summed E-state index contributed by atoms with van der Waals surface area (Å²) in [4.78, 5) is 14.4. The van der Waals surface area contributed by atoms with Crippen molar-refractivity contribution in [3.05, 3.63) is 84.8 Å². The Balaban J connectivity index is 1.89. The number of aliphatic hydroxyl groups excluding tert-OH is 1. The third kappa shape index (κ3) is 3.47. The summed E-state index contributed by atoms with van der Waals surface area (Å²) in [6.07, 6.45) is 1.51. The van der Waals surface area contributed by atoms with Gasteiger partial charge in [0, 0.05) is 0 Å². The van der Waals surface area contributed by atoms with Crippen molar-refractivity contribution in [3.63, 3.8) is 0 Å². The molecule has 0 radical (unpaired) electrons. The average Bonchev–Trinajstić information content (AvgIpc) is 3.16. The Hall–Kier alpha value is -3.05. The number of carbonyl (C=O) groups excluding carboxylic acids is 1. The molecule has 2 amide bonds. The number of rotatable bonds is 5. The number of para-hydroxylation sites is 2. The minimum absolute atomic E-state index is 0.253. The number of aliphatic hydroxyl groups is 1. The molecule has 0 aliphatic carbocycles. The number of urea groups is 1. The summed E-state index contributed by atoms with van der Waals surface area (Å²) in [6, 6.07) is 21.2. The molecule has 122 valence electrons. The molecule has 0 aliphatic rings. The highest BCUT2D eigenvalue weighted by Crippen LogP contribution is 2.26. The average molecular weight is 322 g/mol. The normalized spacial score (nSPS) is 11.7. The third-order valence-corrected chi connectivity index (χ3v) is 3.60. The lowest BCUT2D eigenvalue weighted by atomic mass is 10.2. The Morgan fingerprint density at radius 2 is 1.54 bits per heavy atom. The van der Waals surface area contributed by atoms with Gasteiger partial charge in [-0.2, -0.15) is 0 Å². The van der Waals surface area contributed by atoms with Gasteiger partial charge in [-0.15, -0.1) is 0 Å². The molecule has 1 aromatic heterocycles. The van der Waals surface area contributed by atoms with E-state index in [2.05, 4.69) is 5.32 Å². The molecule has 0 spiro atoms. The van der Waals surface area contributed by atoms with Gasteiger partial charge in [0.15, 0.2) is 0 Å². The first kappa shape index (κ1) is 15.8. The van der Waals surface area contributed by atoms with E-state index in [-0.39, 0.29) is 12.6 Å². The van der Waals surface area contributed by atoms with Crippen LogP contribution >= 0.6 is 0 Å². The van der Waals surface area contributed by atoms with Crippen molar-refractivity contribution in [2.75, 3.05) is 11.5 Å².